The Bertz CT molecular complexity index is 161. The average molecular weight is 222 g/mol. The third-order valence-corrected chi connectivity index (χ3v) is 12.8. The molecule has 0 aromatic carbocycles. The maximum absolute atomic E-state index is 6.40. The third-order valence-electron chi connectivity index (χ3n) is 2.81. The quantitative estimate of drug-likeness (QED) is 0.393. The number of rotatable bonds is 2. The Labute approximate surface area is 84.5 Å². The van der Waals surface area contributed by atoms with Crippen LogP contribution in [0.5, 0.6) is 0 Å². The Balaban J connectivity index is 2.62. The molecule has 0 aromatic heterocycles. The highest BCUT2D eigenvalue weighted by molar-refractivity contribution is 6.84. The first-order valence-electron chi connectivity index (χ1n) is 4.86. The van der Waals surface area contributed by atoms with Crippen molar-refractivity contribution >= 4 is 29.5 Å². The molecule has 1 aliphatic rings. The van der Waals surface area contributed by atoms with Crippen LogP contribution in [0.25, 0.3) is 0 Å². The van der Waals surface area contributed by atoms with Crippen molar-refractivity contribution in [2.24, 2.45) is 5.92 Å². The van der Waals surface area contributed by atoms with Crippen LogP contribution in [0.4, 0.5) is 0 Å². The maximum Gasteiger partial charge on any atom is 0.116 e. The fourth-order valence-electron chi connectivity index (χ4n) is 1.95. The molecule has 1 heterocycles. The van der Waals surface area contributed by atoms with Gasteiger partial charge in [0.25, 0.3) is 0 Å². The lowest BCUT2D eigenvalue weighted by Crippen LogP contribution is -2.50. The molecule has 0 bridgehead atoms. The second kappa shape index (κ2) is 3.82. The Morgan fingerprint density at radius 2 is 2.00 bits per heavy atom. The summed E-state index contributed by atoms with van der Waals surface area (Å²) in [6.07, 6.45) is 0. The molecule has 4 heteroatoms. The van der Waals surface area contributed by atoms with Crippen molar-refractivity contribution in [3.05, 3.63) is 0 Å². The van der Waals surface area contributed by atoms with E-state index in [9.17, 15) is 0 Å². The molecule has 0 amide bonds. The molecule has 0 N–H and O–H groups in total. The number of hydrogen-bond acceptors (Lipinski definition) is 1. The minimum Gasteiger partial charge on any atom is -0.335 e. The summed E-state index contributed by atoms with van der Waals surface area (Å²) in [5, 5.41) is 0. The van der Waals surface area contributed by atoms with Crippen molar-refractivity contribution < 1.29 is 0 Å². The first kappa shape index (κ1) is 10.8. The van der Waals surface area contributed by atoms with Gasteiger partial charge >= 0.3 is 0 Å². The number of nitrogens with zero attached hydrogens (tertiary/aromatic N) is 1. The lowest BCUT2D eigenvalue weighted by molar-refractivity contribution is 0.463. The highest BCUT2D eigenvalue weighted by Crippen LogP contribution is 2.30. The molecule has 0 spiro atoms. The maximum atomic E-state index is 6.40. The molecule has 1 aliphatic heterocycles. The number of alkyl halides is 1. The minimum atomic E-state index is -1.03. The van der Waals surface area contributed by atoms with Crippen LogP contribution in [0.2, 0.25) is 25.2 Å². The van der Waals surface area contributed by atoms with Crippen LogP contribution < -0.4 is 0 Å². The van der Waals surface area contributed by atoms with Gasteiger partial charge in [0.1, 0.15) is 8.24 Å². The van der Waals surface area contributed by atoms with Crippen LogP contribution in [-0.4, -0.2) is 27.6 Å². The average Bonchev–Trinajstić information content (AvgIpc) is 2.27. The zero-order valence-corrected chi connectivity index (χ0v) is 11.8. The summed E-state index contributed by atoms with van der Waals surface area (Å²) in [4.78, 5) is 0. The van der Waals surface area contributed by atoms with Gasteiger partial charge in [0.2, 0.25) is 0 Å². The van der Waals surface area contributed by atoms with Gasteiger partial charge < -0.3 is 4.23 Å². The van der Waals surface area contributed by atoms with Gasteiger partial charge in [0, 0.05) is 0 Å². The predicted molar refractivity (Wildman–Crippen MR) is 62.0 cm³/mol. The fraction of sp³-hybridized carbons (Fsp3) is 1.00. The smallest absolute Gasteiger partial charge is 0.116 e. The largest absolute Gasteiger partial charge is 0.335 e. The van der Waals surface area contributed by atoms with Gasteiger partial charge in [0.15, 0.2) is 0 Å². The van der Waals surface area contributed by atoms with Crippen molar-refractivity contribution in [2.75, 3.05) is 0 Å². The molecular formula is C8H20ClNSi2. The normalized spacial score (nSPS) is 28.5. The molecule has 1 rings (SSSR count). The molecule has 1 saturated heterocycles. The number of hydrogen-bond donors (Lipinski definition) is 0. The second-order valence-electron chi connectivity index (χ2n) is 4.73. The molecule has 1 nitrogen and oxygen atoms in total. The zero-order chi connectivity index (χ0) is 9.35. The lowest BCUT2D eigenvalue weighted by atomic mass is 10.2. The molecule has 0 aromatic rings. The summed E-state index contributed by atoms with van der Waals surface area (Å²) in [5.74, 6) is 0.615. The van der Waals surface area contributed by atoms with Gasteiger partial charge in [0.05, 0.1) is 15.2 Å². The summed E-state index contributed by atoms with van der Waals surface area (Å²) < 4.78 is 2.71. The van der Waals surface area contributed by atoms with Crippen LogP contribution in [0, 0.1) is 5.92 Å². The Morgan fingerprint density at radius 1 is 1.42 bits per heavy atom. The van der Waals surface area contributed by atoms with Gasteiger partial charge in [-0.25, -0.2) is 0 Å². The summed E-state index contributed by atoms with van der Waals surface area (Å²) in [7, 11) is -1.01. The topological polar surface area (TPSA) is 3.24 Å². The van der Waals surface area contributed by atoms with E-state index in [0.717, 1.165) is 0 Å². The monoisotopic (exact) mass is 221 g/mol. The van der Waals surface area contributed by atoms with Gasteiger partial charge in [-0.05, 0) is 12.0 Å². The fourth-order valence-corrected chi connectivity index (χ4v) is 12.8. The first-order chi connectivity index (χ1) is 5.45. The highest BCUT2D eigenvalue weighted by atomic mass is 35.5. The lowest BCUT2D eigenvalue weighted by Gasteiger charge is -2.36. The molecule has 1 atom stereocenters. The SMILES string of the molecule is CC(C)C(Cl)N1[SiH2]CC[Si]1(C)C. The Morgan fingerprint density at radius 3 is 2.33 bits per heavy atom. The van der Waals surface area contributed by atoms with Crippen LogP contribution in [0.1, 0.15) is 13.8 Å². The standard InChI is InChI=1S/C8H20ClNSi2/c1-7(2)8(9)10-11-5-6-12(10,3)4/h7-8H,5-6,11H2,1-4H3. The van der Waals surface area contributed by atoms with Gasteiger partial charge in [-0.1, -0.05) is 33.0 Å². The summed E-state index contributed by atoms with van der Waals surface area (Å²) in [5.41, 5.74) is 0.334. The summed E-state index contributed by atoms with van der Waals surface area (Å²) >= 11 is 6.40. The minimum absolute atomic E-state index is 0.0259. The number of halogens is 1. The van der Waals surface area contributed by atoms with Crippen molar-refractivity contribution in [3.8, 4) is 0 Å². The summed E-state index contributed by atoms with van der Waals surface area (Å²) in [6, 6.07) is 2.98. The molecular weight excluding hydrogens is 202 g/mol. The van der Waals surface area contributed by atoms with Crippen molar-refractivity contribution in [1.29, 1.82) is 0 Å². The Hall–Kier alpha value is 0.684. The van der Waals surface area contributed by atoms with E-state index in [-0.39, 0.29) is 9.68 Å². The zero-order valence-electron chi connectivity index (χ0n) is 8.60. The van der Waals surface area contributed by atoms with Crippen LogP contribution in [0.15, 0.2) is 0 Å². The van der Waals surface area contributed by atoms with Gasteiger partial charge in [-0.2, -0.15) is 0 Å². The van der Waals surface area contributed by atoms with Crippen molar-refractivity contribution in [2.45, 2.75) is 44.5 Å². The van der Waals surface area contributed by atoms with Crippen molar-refractivity contribution in [1.82, 2.24) is 4.23 Å². The second-order valence-corrected chi connectivity index (χ2v) is 12.3. The van der Waals surface area contributed by atoms with E-state index in [1.54, 1.807) is 0 Å². The van der Waals surface area contributed by atoms with E-state index in [0.29, 0.717) is 11.4 Å². The van der Waals surface area contributed by atoms with Gasteiger partial charge in [-0.3, -0.25) is 0 Å². The predicted octanol–water partition coefficient (Wildman–Crippen LogP) is 2.23. The Kier molecular flexibility index (Phi) is 3.43. The van der Waals surface area contributed by atoms with E-state index in [2.05, 4.69) is 31.2 Å². The molecule has 12 heavy (non-hydrogen) atoms. The molecule has 1 fully saturated rings. The van der Waals surface area contributed by atoms with Crippen molar-refractivity contribution in [3.63, 3.8) is 0 Å². The molecule has 72 valence electrons. The third kappa shape index (κ3) is 2.13. The van der Waals surface area contributed by atoms with Crippen LogP contribution in [-0.2, 0) is 0 Å². The van der Waals surface area contributed by atoms with E-state index in [4.69, 9.17) is 11.6 Å². The van der Waals surface area contributed by atoms with Crippen LogP contribution >= 0.6 is 11.6 Å². The molecule has 0 aliphatic carbocycles. The highest BCUT2D eigenvalue weighted by Gasteiger charge is 2.38. The molecule has 0 radical (unpaired) electrons. The molecule has 1 unspecified atom stereocenters. The van der Waals surface area contributed by atoms with E-state index in [1.165, 1.54) is 12.1 Å². The van der Waals surface area contributed by atoms with Crippen LogP contribution in [0.3, 0.4) is 0 Å². The van der Waals surface area contributed by atoms with E-state index < -0.39 is 8.24 Å². The van der Waals surface area contributed by atoms with E-state index >= 15 is 0 Å². The first-order valence-corrected chi connectivity index (χ1v) is 10.1. The van der Waals surface area contributed by atoms with Gasteiger partial charge in [-0.15, -0.1) is 11.6 Å². The molecule has 0 saturated carbocycles. The summed E-state index contributed by atoms with van der Waals surface area (Å²) in [6.45, 7) is 9.39. The van der Waals surface area contributed by atoms with E-state index in [1.807, 2.05) is 0 Å².